The van der Waals surface area contributed by atoms with Gasteiger partial charge in [-0.2, -0.15) is 0 Å². The summed E-state index contributed by atoms with van der Waals surface area (Å²) < 4.78 is 9.34. The molecule has 0 bridgehead atoms. The van der Waals surface area contributed by atoms with E-state index in [4.69, 9.17) is 4.74 Å². The zero-order chi connectivity index (χ0) is 23.4. The third-order valence-electron chi connectivity index (χ3n) is 5.74. The van der Waals surface area contributed by atoms with E-state index in [2.05, 4.69) is 31.9 Å². The highest BCUT2D eigenvalue weighted by Gasteiger charge is 2.18. The molecule has 0 aliphatic rings. The predicted molar refractivity (Wildman–Crippen MR) is 130 cm³/mol. The number of ketones is 1. The zero-order valence-electron chi connectivity index (χ0n) is 19.3. The molecule has 3 heterocycles. The van der Waals surface area contributed by atoms with E-state index in [-0.39, 0.29) is 5.78 Å². The van der Waals surface area contributed by atoms with Gasteiger partial charge in [-0.1, -0.05) is 23.9 Å². The van der Waals surface area contributed by atoms with Crippen LogP contribution in [-0.2, 0) is 20.0 Å². The van der Waals surface area contributed by atoms with Crippen molar-refractivity contribution >= 4 is 17.5 Å². The number of hydrogen-bond donors (Lipinski definition) is 0. The fourth-order valence-electron chi connectivity index (χ4n) is 3.86. The molecule has 3 aromatic heterocycles. The van der Waals surface area contributed by atoms with Crippen LogP contribution in [0.5, 0.6) is 5.75 Å². The van der Waals surface area contributed by atoms with Crippen LogP contribution in [0.25, 0.3) is 11.4 Å². The number of Topliss-reactive ketones (excluding diaryl/α,β-unsaturated/α-hetero) is 1. The van der Waals surface area contributed by atoms with Crippen LogP contribution in [0, 0.1) is 13.8 Å². The van der Waals surface area contributed by atoms with Gasteiger partial charge in [0.05, 0.1) is 12.9 Å². The number of carbonyl (C=O) groups is 1. The number of rotatable bonds is 9. The van der Waals surface area contributed by atoms with Gasteiger partial charge in [0.2, 0.25) is 0 Å². The van der Waals surface area contributed by atoms with E-state index >= 15 is 0 Å². The molecule has 0 saturated carbocycles. The minimum atomic E-state index is 0.0923. The number of hydrogen-bond acceptors (Lipinski definition) is 6. The standard InChI is InChI=1S/C25H27N5O2S/c1-17-14-22(18(2)30(17)13-11-19-7-9-21(32-4)10-8-19)23(31)16-33-25-28-27-24(29(25)3)20-6-5-12-26-15-20/h5-10,12,14-15H,11,13,16H2,1-4H3. The Kier molecular flexibility index (Phi) is 6.93. The first-order valence-electron chi connectivity index (χ1n) is 10.7. The van der Waals surface area contributed by atoms with Crippen LogP contribution in [0.4, 0.5) is 0 Å². The smallest absolute Gasteiger partial charge is 0.191 e. The third kappa shape index (κ3) is 5.01. The first-order chi connectivity index (χ1) is 16.0. The summed E-state index contributed by atoms with van der Waals surface area (Å²) in [6, 6.07) is 13.9. The van der Waals surface area contributed by atoms with Crippen molar-refractivity contribution in [1.82, 2.24) is 24.3 Å². The second kappa shape index (κ2) is 10.0. The van der Waals surface area contributed by atoms with Crippen LogP contribution in [0.1, 0.15) is 27.3 Å². The Morgan fingerprint density at radius 1 is 1.12 bits per heavy atom. The van der Waals surface area contributed by atoms with E-state index < -0.39 is 0 Å². The Bertz CT molecular complexity index is 1250. The molecule has 0 amide bonds. The van der Waals surface area contributed by atoms with Gasteiger partial charge in [-0.05, 0) is 56.2 Å². The van der Waals surface area contributed by atoms with Crippen molar-refractivity contribution in [3.8, 4) is 17.1 Å². The normalized spacial score (nSPS) is 11.0. The molecule has 0 aliphatic carbocycles. The average molecular weight is 462 g/mol. The molecule has 0 aliphatic heterocycles. The van der Waals surface area contributed by atoms with Crippen LogP contribution in [0.15, 0.2) is 60.0 Å². The number of benzene rings is 1. The number of carbonyl (C=O) groups excluding carboxylic acids is 1. The highest BCUT2D eigenvalue weighted by molar-refractivity contribution is 7.99. The second-order valence-corrected chi connectivity index (χ2v) is 8.80. The van der Waals surface area contributed by atoms with Gasteiger partial charge in [-0.3, -0.25) is 9.78 Å². The van der Waals surface area contributed by atoms with E-state index in [1.54, 1.807) is 19.5 Å². The molecule has 4 rings (SSSR count). The topological polar surface area (TPSA) is 74.8 Å². The van der Waals surface area contributed by atoms with Crippen LogP contribution < -0.4 is 4.74 Å². The number of aromatic nitrogens is 5. The number of ether oxygens (including phenoxy) is 1. The predicted octanol–water partition coefficient (Wildman–Crippen LogP) is 4.52. The molecule has 0 atom stereocenters. The number of pyridine rings is 1. The van der Waals surface area contributed by atoms with Crippen LogP contribution >= 0.6 is 11.8 Å². The fraction of sp³-hybridized carbons (Fsp3) is 0.280. The quantitative estimate of drug-likeness (QED) is 0.269. The van der Waals surface area contributed by atoms with Gasteiger partial charge in [-0.25, -0.2) is 0 Å². The summed E-state index contributed by atoms with van der Waals surface area (Å²) in [5.74, 6) is 1.99. The summed E-state index contributed by atoms with van der Waals surface area (Å²) in [7, 11) is 3.57. The lowest BCUT2D eigenvalue weighted by Gasteiger charge is -2.10. The summed E-state index contributed by atoms with van der Waals surface area (Å²) in [4.78, 5) is 17.2. The third-order valence-corrected chi connectivity index (χ3v) is 6.76. The van der Waals surface area contributed by atoms with Crippen LogP contribution in [0.2, 0.25) is 0 Å². The number of nitrogens with zero attached hydrogens (tertiary/aromatic N) is 5. The van der Waals surface area contributed by atoms with E-state index in [1.807, 2.05) is 55.8 Å². The molecule has 8 heteroatoms. The van der Waals surface area contributed by atoms with Crippen LogP contribution in [0.3, 0.4) is 0 Å². The molecule has 0 radical (unpaired) electrons. The molecule has 0 fully saturated rings. The van der Waals surface area contributed by atoms with Gasteiger partial charge in [0.25, 0.3) is 0 Å². The monoisotopic (exact) mass is 461 g/mol. The van der Waals surface area contributed by atoms with Gasteiger partial charge in [0.1, 0.15) is 5.75 Å². The number of aryl methyl sites for hydroxylation is 2. The SMILES string of the molecule is COc1ccc(CCn2c(C)cc(C(=O)CSc3nnc(-c4cccnc4)n3C)c2C)cc1. The Hall–Kier alpha value is -3.39. The van der Waals surface area contributed by atoms with Gasteiger partial charge in [0.15, 0.2) is 16.8 Å². The molecule has 4 aromatic rings. The maximum Gasteiger partial charge on any atom is 0.191 e. The highest BCUT2D eigenvalue weighted by atomic mass is 32.2. The molecular formula is C25H27N5O2S. The molecule has 0 unspecified atom stereocenters. The van der Waals surface area contributed by atoms with Crippen molar-refractivity contribution in [3.05, 3.63) is 77.4 Å². The number of thioether (sulfide) groups is 1. The number of methoxy groups -OCH3 is 1. The Morgan fingerprint density at radius 3 is 2.61 bits per heavy atom. The lowest BCUT2D eigenvalue weighted by Crippen LogP contribution is -2.08. The molecular weight excluding hydrogens is 434 g/mol. The van der Waals surface area contributed by atoms with Gasteiger partial charge in [-0.15, -0.1) is 10.2 Å². The fourth-order valence-corrected chi connectivity index (χ4v) is 4.65. The molecule has 170 valence electrons. The van der Waals surface area contributed by atoms with E-state index in [1.165, 1.54) is 17.3 Å². The molecule has 0 saturated heterocycles. The second-order valence-electron chi connectivity index (χ2n) is 7.85. The molecule has 0 N–H and O–H groups in total. The van der Waals surface area contributed by atoms with Gasteiger partial charge < -0.3 is 13.9 Å². The summed E-state index contributed by atoms with van der Waals surface area (Å²) in [6.45, 7) is 4.89. The maximum atomic E-state index is 13.0. The van der Waals surface area contributed by atoms with E-state index in [9.17, 15) is 4.79 Å². The van der Waals surface area contributed by atoms with Gasteiger partial charge in [0, 0.05) is 48.5 Å². The molecule has 1 aromatic carbocycles. The first kappa shape index (κ1) is 22.8. The van der Waals surface area contributed by atoms with E-state index in [0.29, 0.717) is 10.9 Å². The van der Waals surface area contributed by atoms with E-state index in [0.717, 1.165) is 47.1 Å². The summed E-state index contributed by atoms with van der Waals surface area (Å²) in [6.07, 6.45) is 4.37. The molecule has 0 spiro atoms. The lowest BCUT2D eigenvalue weighted by atomic mass is 10.1. The maximum absolute atomic E-state index is 13.0. The van der Waals surface area contributed by atoms with Crippen molar-refractivity contribution in [3.63, 3.8) is 0 Å². The first-order valence-corrected chi connectivity index (χ1v) is 11.7. The Labute approximate surface area is 197 Å². The summed E-state index contributed by atoms with van der Waals surface area (Å²) >= 11 is 1.40. The van der Waals surface area contributed by atoms with Crippen molar-refractivity contribution in [1.29, 1.82) is 0 Å². The van der Waals surface area contributed by atoms with Crippen molar-refractivity contribution in [2.75, 3.05) is 12.9 Å². The molecule has 7 nitrogen and oxygen atoms in total. The molecule has 33 heavy (non-hydrogen) atoms. The lowest BCUT2D eigenvalue weighted by molar-refractivity contribution is 0.102. The largest absolute Gasteiger partial charge is 0.497 e. The Balaban J connectivity index is 1.41. The average Bonchev–Trinajstić information content (AvgIpc) is 3.35. The van der Waals surface area contributed by atoms with Crippen molar-refractivity contribution < 1.29 is 9.53 Å². The summed E-state index contributed by atoms with van der Waals surface area (Å²) in [5, 5.41) is 9.23. The Morgan fingerprint density at radius 2 is 1.91 bits per heavy atom. The minimum Gasteiger partial charge on any atom is -0.497 e. The van der Waals surface area contributed by atoms with Crippen molar-refractivity contribution in [2.24, 2.45) is 7.05 Å². The van der Waals surface area contributed by atoms with Crippen molar-refractivity contribution in [2.45, 2.75) is 32.0 Å². The van der Waals surface area contributed by atoms with Crippen LogP contribution in [-0.4, -0.2) is 43.0 Å². The minimum absolute atomic E-state index is 0.0923. The zero-order valence-corrected chi connectivity index (χ0v) is 20.1. The summed E-state index contributed by atoms with van der Waals surface area (Å²) in [5.41, 5.74) is 4.99. The van der Waals surface area contributed by atoms with Gasteiger partial charge >= 0.3 is 0 Å². The highest BCUT2D eigenvalue weighted by Crippen LogP contribution is 2.24.